The maximum Gasteiger partial charge on any atom is 4.00 e. The van der Waals surface area contributed by atoms with E-state index in [4.69, 9.17) is 0 Å². The second-order valence-corrected chi connectivity index (χ2v) is 5.98. The summed E-state index contributed by atoms with van der Waals surface area (Å²) in [4.78, 5) is 0. The zero-order valence-electron chi connectivity index (χ0n) is 14.9. The molecule has 0 aliphatic heterocycles. The van der Waals surface area contributed by atoms with Crippen LogP contribution in [0.3, 0.4) is 0 Å². The molecule has 134 valence electrons. The van der Waals surface area contributed by atoms with E-state index in [9.17, 15) is 0 Å². The number of fused-ring (bicyclic) bond motifs is 2. The molecule has 0 atom stereocenters. The Kier molecular flexibility index (Phi) is 9.66. The Morgan fingerprint density at radius 2 is 1.37 bits per heavy atom. The van der Waals surface area contributed by atoms with Crippen molar-refractivity contribution in [1.82, 2.24) is 4.57 Å². The molecule has 1 heterocycles. The summed E-state index contributed by atoms with van der Waals surface area (Å²) in [7, 11) is 0. The van der Waals surface area contributed by atoms with Crippen molar-refractivity contribution in [1.29, 1.82) is 0 Å². The molecule has 0 fully saturated rings. The van der Waals surface area contributed by atoms with E-state index in [-0.39, 0.29) is 60.2 Å². The van der Waals surface area contributed by atoms with E-state index in [1.54, 1.807) is 0 Å². The van der Waals surface area contributed by atoms with Crippen LogP contribution in [0.2, 0.25) is 0 Å². The molecule has 1 nitrogen and oxygen atoms in total. The summed E-state index contributed by atoms with van der Waals surface area (Å²) >= 11 is 0. The number of aryl methyl sites for hydroxylation is 1. The van der Waals surface area contributed by atoms with Gasteiger partial charge in [-0.15, -0.1) is 41.1 Å². The fraction of sp³-hybridized carbons (Fsp3) is 0.0435. The predicted octanol–water partition coefficient (Wildman–Crippen LogP) is 0.222. The zero-order chi connectivity index (χ0) is 16.4. The molecule has 0 N–H and O–H groups in total. The first-order chi connectivity index (χ1) is 11.8. The Morgan fingerprint density at radius 1 is 0.741 bits per heavy atom. The van der Waals surface area contributed by atoms with Gasteiger partial charge in [-0.2, -0.15) is 18.2 Å². The zero-order valence-corrected chi connectivity index (χ0v) is 20.6. The Bertz CT molecular complexity index is 1020. The monoisotopic (exact) mass is 557 g/mol. The predicted molar refractivity (Wildman–Crippen MR) is 103 cm³/mol. The summed E-state index contributed by atoms with van der Waals surface area (Å²) in [6, 6.07) is 33.8. The number of halogens is 2. The molecule has 5 aromatic rings. The molecule has 0 radical (unpaired) electrons. The van der Waals surface area contributed by atoms with Crippen LogP contribution in [0.1, 0.15) is 5.69 Å². The molecule has 0 amide bonds. The van der Waals surface area contributed by atoms with Crippen LogP contribution < -0.4 is 34.0 Å². The molecule has 4 aromatic carbocycles. The smallest absolute Gasteiger partial charge is 1.00 e. The van der Waals surface area contributed by atoms with Crippen molar-refractivity contribution in [3.63, 3.8) is 0 Å². The quantitative estimate of drug-likeness (QED) is 0.259. The number of rotatable bonds is 1. The third kappa shape index (κ3) is 5.19. The van der Waals surface area contributed by atoms with Gasteiger partial charge in [-0.05, 0) is 24.7 Å². The van der Waals surface area contributed by atoms with Gasteiger partial charge in [0.15, 0.2) is 0 Å². The maximum absolute atomic E-state index is 2.33. The van der Waals surface area contributed by atoms with Gasteiger partial charge in [0.05, 0.1) is 5.52 Å². The van der Waals surface area contributed by atoms with E-state index in [1.165, 1.54) is 33.1 Å². The molecule has 1 aromatic heterocycles. The Morgan fingerprint density at radius 3 is 2.00 bits per heavy atom. The Balaban J connectivity index is 0.000000402. The molecule has 4 heteroatoms. The second-order valence-electron chi connectivity index (χ2n) is 5.98. The minimum Gasteiger partial charge on any atom is -1.00 e. The van der Waals surface area contributed by atoms with Crippen LogP contribution in [0.15, 0.2) is 97.1 Å². The second kappa shape index (κ2) is 10.9. The summed E-state index contributed by atoms with van der Waals surface area (Å²) in [6.07, 6.45) is 0. The van der Waals surface area contributed by atoms with Crippen LogP contribution in [0.4, 0.5) is 0 Å². The van der Waals surface area contributed by atoms with Gasteiger partial charge in [0.25, 0.3) is 0 Å². The van der Waals surface area contributed by atoms with Gasteiger partial charge < -0.3 is 38.5 Å². The van der Waals surface area contributed by atoms with Crippen LogP contribution in [0.25, 0.3) is 27.4 Å². The number of benzene rings is 2. The molecule has 0 aliphatic rings. The van der Waals surface area contributed by atoms with Crippen LogP contribution in [-0.2, 0) is 26.2 Å². The minimum absolute atomic E-state index is 0. The summed E-state index contributed by atoms with van der Waals surface area (Å²) < 4.78 is 2.33. The van der Waals surface area contributed by atoms with Crippen molar-refractivity contribution in [2.75, 3.05) is 0 Å². The minimum atomic E-state index is 0. The van der Waals surface area contributed by atoms with E-state index in [2.05, 4.69) is 78.2 Å². The number of aromatic nitrogens is 1. The van der Waals surface area contributed by atoms with E-state index < -0.39 is 0 Å². The Hall–Kier alpha value is -1.22. The van der Waals surface area contributed by atoms with Gasteiger partial charge in [-0.1, -0.05) is 24.3 Å². The van der Waals surface area contributed by atoms with E-state index in [0.29, 0.717) is 0 Å². The average molecular weight is 560 g/mol. The summed E-state index contributed by atoms with van der Waals surface area (Å²) in [5.41, 5.74) is 3.80. The number of para-hydroxylation sites is 1. The first kappa shape index (κ1) is 23.8. The molecule has 0 aliphatic carbocycles. The average Bonchev–Trinajstić information content (AvgIpc) is 3.34. The number of hydrogen-bond acceptors (Lipinski definition) is 0. The first-order valence-electron chi connectivity index (χ1n) is 8.22. The summed E-state index contributed by atoms with van der Waals surface area (Å²) in [6.45, 7) is 2.16. The maximum atomic E-state index is 2.33. The molecule has 0 saturated carbocycles. The fourth-order valence-electron chi connectivity index (χ4n) is 3.22. The third-order valence-electron chi connectivity index (χ3n) is 4.31. The summed E-state index contributed by atoms with van der Waals surface area (Å²) in [5, 5.41) is 3.90. The molecule has 0 saturated heterocycles. The third-order valence-corrected chi connectivity index (χ3v) is 4.31. The summed E-state index contributed by atoms with van der Waals surface area (Å²) in [5.74, 6) is 0. The van der Waals surface area contributed by atoms with Gasteiger partial charge in [-0.25, -0.2) is 12.1 Å². The standard InChI is InChI=1S/C18H14N.C5H5.2BrH.Zr/c1-13-10-16-8-4-5-9-18(16)19(13)17-11-14-6-2-3-7-15(14)12-17;1-2-4-5-3-1;;;/h2-12H,1H3;1-5H;2*1H;/q2*-1;;;+4/p-2. The van der Waals surface area contributed by atoms with Gasteiger partial charge in [0.2, 0.25) is 0 Å². The van der Waals surface area contributed by atoms with E-state index >= 15 is 0 Å². The van der Waals surface area contributed by atoms with Crippen LogP contribution >= 0.6 is 0 Å². The normalized spacial score (nSPS) is 9.52. The van der Waals surface area contributed by atoms with Crippen LogP contribution in [0.5, 0.6) is 0 Å². The SMILES string of the molecule is Cc1cc2ccccc2n1-c1cc2ccccc2[cH-]1.[Br-].[Br-].[Zr+4].c1cc[cH-]c1. The first-order valence-corrected chi connectivity index (χ1v) is 8.22. The molecular formula is C23H19Br2NZr. The van der Waals surface area contributed by atoms with Crippen LogP contribution in [0, 0.1) is 6.92 Å². The molecule has 0 spiro atoms. The van der Waals surface area contributed by atoms with Crippen molar-refractivity contribution >= 4 is 21.7 Å². The molecule has 27 heavy (non-hydrogen) atoms. The molecule has 5 rings (SSSR count). The van der Waals surface area contributed by atoms with Gasteiger partial charge in [-0.3, -0.25) is 0 Å². The Labute approximate surface area is 200 Å². The molecular weight excluding hydrogens is 541 g/mol. The van der Waals surface area contributed by atoms with Gasteiger partial charge in [0.1, 0.15) is 0 Å². The molecule has 0 unspecified atom stereocenters. The van der Waals surface area contributed by atoms with E-state index in [0.717, 1.165) is 0 Å². The number of nitrogens with zero attached hydrogens (tertiary/aromatic N) is 1. The van der Waals surface area contributed by atoms with Gasteiger partial charge >= 0.3 is 26.2 Å². The largest absolute Gasteiger partial charge is 4.00 e. The van der Waals surface area contributed by atoms with E-state index in [1.807, 2.05) is 30.3 Å². The van der Waals surface area contributed by atoms with Crippen molar-refractivity contribution in [2.24, 2.45) is 0 Å². The molecule has 0 bridgehead atoms. The van der Waals surface area contributed by atoms with Crippen LogP contribution in [-0.4, -0.2) is 4.57 Å². The fourth-order valence-corrected chi connectivity index (χ4v) is 3.22. The number of hydrogen-bond donors (Lipinski definition) is 0. The van der Waals surface area contributed by atoms with Crippen molar-refractivity contribution in [3.05, 3.63) is 103 Å². The van der Waals surface area contributed by atoms with Crippen molar-refractivity contribution in [2.45, 2.75) is 6.92 Å². The van der Waals surface area contributed by atoms with Gasteiger partial charge in [0, 0.05) is 11.1 Å². The van der Waals surface area contributed by atoms with Crippen molar-refractivity contribution in [3.8, 4) is 5.69 Å². The topological polar surface area (TPSA) is 4.93 Å². The van der Waals surface area contributed by atoms with Crippen molar-refractivity contribution < 1.29 is 60.2 Å².